The van der Waals surface area contributed by atoms with E-state index in [9.17, 15) is 0 Å². The minimum atomic E-state index is 0.0205. The molecule has 0 spiro atoms. The third-order valence-corrected chi connectivity index (χ3v) is 4.41. The second-order valence-corrected chi connectivity index (χ2v) is 5.27. The van der Waals surface area contributed by atoms with Crippen molar-refractivity contribution >= 4 is 27.7 Å². The summed E-state index contributed by atoms with van der Waals surface area (Å²) in [7, 11) is 0. The van der Waals surface area contributed by atoms with Crippen LogP contribution in [-0.4, -0.2) is 18.0 Å². The lowest BCUT2D eigenvalue weighted by molar-refractivity contribution is 0.577. The summed E-state index contributed by atoms with van der Waals surface area (Å²) < 4.78 is 1.13. The summed E-state index contributed by atoms with van der Waals surface area (Å²) in [5.41, 5.74) is 11.9. The van der Waals surface area contributed by atoms with E-state index in [0.29, 0.717) is 5.25 Å². The number of benzene rings is 1. The highest BCUT2D eigenvalue weighted by Crippen LogP contribution is 2.31. The summed E-state index contributed by atoms with van der Waals surface area (Å²) in [6.07, 6.45) is 0.0205. The Morgan fingerprint density at radius 3 is 2.86 bits per heavy atom. The first kappa shape index (κ1) is 10.4. The maximum absolute atomic E-state index is 5.87. The van der Waals surface area contributed by atoms with Crippen LogP contribution in [0, 0.1) is 0 Å². The monoisotopic (exact) mass is 273 g/mol. The van der Waals surface area contributed by atoms with Crippen LogP contribution in [0.1, 0.15) is 0 Å². The zero-order valence-electron chi connectivity index (χ0n) is 7.53. The minimum absolute atomic E-state index is 0.0205. The lowest BCUT2D eigenvalue weighted by atomic mass is 10.4. The predicted octanol–water partition coefficient (Wildman–Crippen LogP) is 1.30. The molecule has 1 aliphatic rings. The quantitative estimate of drug-likeness (QED) is 0.761. The Morgan fingerprint density at radius 2 is 2.21 bits per heavy atom. The number of hydrogen-bond donors (Lipinski definition) is 3. The van der Waals surface area contributed by atoms with E-state index in [4.69, 9.17) is 5.73 Å². The average Bonchev–Trinajstić information content (AvgIpc) is 2.56. The van der Waals surface area contributed by atoms with Gasteiger partial charge in [0.1, 0.15) is 0 Å². The van der Waals surface area contributed by atoms with Gasteiger partial charge >= 0.3 is 0 Å². The van der Waals surface area contributed by atoms with Crippen molar-refractivity contribution in [2.24, 2.45) is 5.73 Å². The van der Waals surface area contributed by atoms with Crippen molar-refractivity contribution in [3.05, 3.63) is 28.7 Å². The number of nitrogens with one attached hydrogen (secondary N) is 2. The van der Waals surface area contributed by atoms with Crippen molar-refractivity contribution in [3.63, 3.8) is 0 Å². The summed E-state index contributed by atoms with van der Waals surface area (Å²) in [4.78, 5) is 1.23. The average molecular weight is 274 g/mol. The minimum Gasteiger partial charge on any atom is -0.314 e. The van der Waals surface area contributed by atoms with Gasteiger partial charge in [0, 0.05) is 15.9 Å². The third-order valence-electron chi connectivity index (χ3n) is 2.09. The smallest absolute Gasteiger partial charge is 0.0815 e. The van der Waals surface area contributed by atoms with Gasteiger partial charge in [-0.3, -0.25) is 5.43 Å². The molecule has 1 saturated heterocycles. The molecule has 0 aliphatic carbocycles. The number of nitrogens with two attached hydrogens (primary N) is 1. The van der Waals surface area contributed by atoms with Crippen LogP contribution in [-0.2, 0) is 0 Å². The number of halogens is 1. The fourth-order valence-electron chi connectivity index (χ4n) is 1.32. The molecule has 4 N–H and O–H groups in total. The maximum atomic E-state index is 5.87. The van der Waals surface area contributed by atoms with Crippen LogP contribution in [0.3, 0.4) is 0 Å². The summed E-state index contributed by atoms with van der Waals surface area (Å²) in [5.74, 6) is 0. The molecule has 0 radical (unpaired) electrons. The molecular weight excluding hydrogens is 262 g/mol. The Balaban J connectivity index is 2.07. The molecule has 1 aromatic carbocycles. The van der Waals surface area contributed by atoms with E-state index in [1.165, 1.54) is 4.90 Å². The van der Waals surface area contributed by atoms with Gasteiger partial charge in [-0.15, -0.1) is 11.8 Å². The number of hydrogen-bond acceptors (Lipinski definition) is 4. The largest absolute Gasteiger partial charge is 0.314 e. The van der Waals surface area contributed by atoms with E-state index in [2.05, 4.69) is 32.8 Å². The number of rotatable bonds is 2. The first-order valence-electron chi connectivity index (χ1n) is 4.42. The van der Waals surface area contributed by atoms with E-state index in [-0.39, 0.29) is 6.17 Å². The molecule has 0 bridgehead atoms. The fraction of sp³-hybridized carbons (Fsp3) is 0.333. The van der Waals surface area contributed by atoms with Crippen molar-refractivity contribution in [2.45, 2.75) is 16.3 Å². The van der Waals surface area contributed by atoms with Crippen LogP contribution in [0.5, 0.6) is 0 Å². The van der Waals surface area contributed by atoms with Crippen LogP contribution in [0.2, 0.25) is 0 Å². The van der Waals surface area contributed by atoms with Crippen molar-refractivity contribution < 1.29 is 0 Å². The van der Waals surface area contributed by atoms with Gasteiger partial charge in [-0.1, -0.05) is 12.1 Å². The standard InChI is InChI=1S/C9H12BrN3S/c10-6-3-1-2-4-7(6)14-8-5-12-13-9(8)11/h1-4,8-9,12-13H,5,11H2. The van der Waals surface area contributed by atoms with Gasteiger partial charge in [0.05, 0.1) is 11.4 Å². The molecule has 1 aromatic rings. The molecule has 2 unspecified atom stereocenters. The summed E-state index contributed by atoms with van der Waals surface area (Å²) in [6, 6.07) is 8.19. The molecular formula is C9H12BrN3S. The van der Waals surface area contributed by atoms with Gasteiger partial charge in [-0.25, -0.2) is 5.43 Å². The highest BCUT2D eigenvalue weighted by molar-refractivity contribution is 9.10. The van der Waals surface area contributed by atoms with E-state index in [0.717, 1.165) is 11.0 Å². The van der Waals surface area contributed by atoms with Gasteiger partial charge in [0.2, 0.25) is 0 Å². The Labute approximate surface area is 95.9 Å². The fourth-order valence-corrected chi connectivity index (χ4v) is 2.93. The molecule has 2 rings (SSSR count). The second-order valence-electron chi connectivity index (χ2n) is 3.14. The molecule has 0 saturated carbocycles. The molecule has 0 aromatic heterocycles. The molecule has 1 heterocycles. The lowest BCUT2D eigenvalue weighted by Crippen LogP contribution is -2.40. The van der Waals surface area contributed by atoms with Crippen LogP contribution in [0.25, 0.3) is 0 Å². The Bertz CT molecular complexity index is 321. The normalized spacial score (nSPS) is 26.7. The topological polar surface area (TPSA) is 50.1 Å². The highest BCUT2D eigenvalue weighted by atomic mass is 79.9. The zero-order chi connectivity index (χ0) is 9.97. The summed E-state index contributed by atoms with van der Waals surface area (Å²) >= 11 is 5.31. The molecule has 5 heteroatoms. The van der Waals surface area contributed by atoms with E-state index < -0.39 is 0 Å². The van der Waals surface area contributed by atoms with Gasteiger partial charge in [-0.2, -0.15) is 0 Å². The van der Waals surface area contributed by atoms with E-state index in [1.807, 2.05) is 18.2 Å². The molecule has 1 fully saturated rings. The second kappa shape index (κ2) is 4.63. The molecule has 76 valence electrons. The number of thioether (sulfide) groups is 1. The molecule has 3 nitrogen and oxygen atoms in total. The van der Waals surface area contributed by atoms with Crippen LogP contribution in [0.4, 0.5) is 0 Å². The Kier molecular flexibility index (Phi) is 3.46. The molecule has 0 amide bonds. The van der Waals surface area contributed by atoms with Crippen molar-refractivity contribution in [1.29, 1.82) is 0 Å². The van der Waals surface area contributed by atoms with Crippen LogP contribution in [0.15, 0.2) is 33.6 Å². The van der Waals surface area contributed by atoms with Crippen LogP contribution < -0.4 is 16.6 Å². The van der Waals surface area contributed by atoms with Gasteiger partial charge < -0.3 is 5.73 Å². The molecule has 1 aliphatic heterocycles. The summed E-state index contributed by atoms with van der Waals surface area (Å²) in [6.45, 7) is 0.896. The van der Waals surface area contributed by atoms with Crippen molar-refractivity contribution in [2.75, 3.05) is 6.54 Å². The third kappa shape index (κ3) is 2.29. The number of hydrazine groups is 1. The van der Waals surface area contributed by atoms with E-state index in [1.54, 1.807) is 11.8 Å². The first-order chi connectivity index (χ1) is 6.77. The van der Waals surface area contributed by atoms with Gasteiger partial charge in [-0.05, 0) is 28.1 Å². The van der Waals surface area contributed by atoms with Gasteiger partial charge in [0.25, 0.3) is 0 Å². The van der Waals surface area contributed by atoms with Crippen molar-refractivity contribution in [3.8, 4) is 0 Å². The highest BCUT2D eigenvalue weighted by Gasteiger charge is 2.24. The predicted molar refractivity (Wildman–Crippen MR) is 62.9 cm³/mol. The SMILES string of the molecule is NC1NNCC1Sc1ccccc1Br. The Hall–Kier alpha value is -0.0700. The lowest BCUT2D eigenvalue weighted by Gasteiger charge is -2.13. The zero-order valence-corrected chi connectivity index (χ0v) is 9.94. The van der Waals surface area contributed by atoms with Crippen LogP contribution >= 0.6 is 27.7 Å². The Morgan fingerprint density at radius 1 is 1.43 bits per heavy atom. The molecule has 2 atom stereocenters. The van der Waals surface area contributed by atoms with Gasteiger partial charge in [0.15, 0.2) is 0 Å². The van der Waals surface area contributed by atoms with E-state index >= 15 is 0 Å². The summed E-state index contributed by atoms with van der Waals surface area (Å²) in [5, 5.41) is 0.383. The first-order valence-corrected chi connectivity index (χ1v) is 6.10. The van der Waals surface area contributed by atoms with Crippen molar-refractivity contribution in [1.82, 2.24) is 10.9 Å². The molecule has 14 heavy (non-hydrogen) atoms. The maximum Gasteiger partial charge on any atom is 0.0815 e.